The molecule has 0 rings (SSSR count). The fraction of sp³-hybridized carbons (Fsp3) is 0.200. The molecule has 0 fully saturated rings. The van der Waals surface area contributed by atoms with E-state index in [0.717, 1.165) is 0 Å². The molecule has 0 unspecified atom stereocenters. The largest absolute Gasteiger partial charge is 0.293 e. The van der Waals surface area contributed by atoms with Gasteiger partial charge in [-0.25, -0.2) is 12.2 Å². The van der Waals surface area contributed by atoms with Crippen molar-refractivity contribution in [1.29, 1.82) is 0 Å². The Kier molecular flexibility index (Phi) is 43.8. The zero-order valence-electron chi connectivity index (χ0n) is 4.94. The third kappa shape index (κ3) is 37.2. The van der Waals surface area contributed by atoms with Crippen LogP contribution in [0.15, 0.2) is 18.2 Å². The van der Waals surface area contributed by atoms with Crippen molar-refractivity contribution in [2.45, 2.75) is 6.92 Å². The second-order valence-electron chi connectivity index (χ2n) is 0.772. The number of hydrogen-bond acceptors (Lipinski definition) is 0. The summed E-state index contributed by atoms with van der Waals surface area (Å²) in [6.07, 6.45) is 5.15. The van der Waals surface area contributed by atoms with E-state index >= 15 is 0 Å². The Balaban J connectivity index is -0.0000000800. The molecule has 0 aromatic carbocycles. The van der Waals surface area contributed by atoms with Crippen molar-refractivity contribution >= 4 is 37.2 Å². The van der Waals surface area contributed by atoms with Crippen molar-refractivity contribution in [3.05, 3.63) is 24.8 Å². The first-order valence-corrected chi connectivity index (χ1v) is 14.4. The van der Waals surface area contributed by atoms with Gasteiger partial charge in [0.15, 0.2) is 0 Å². The van der Waals surface area contributed by atoms with Crippen LogP contribution in [-0.4, -0.2) is 0 Å². The molecule has 4 heteroatoms. The van der Waals surface area contributed by atoms with Gasteiger partial charge < -0.3 is 0 Å². The van der Waals surface area contributed by atoms with Crippen molar-refractivity contribution in [2.75, 3.05) is 0 Å². The maximum atomic E-state index is 4.93. The van der Waals surface area contributed by atoms with Gasteiger partial charge in [-0.3, -0.25) is 6.58 Å². The summed E-state index contributed by atoms with van der Waals surface area (Å²) < 4.78 is 0. The van der Waals surface area contributed by atoms with E-state index in [4.69, 9.17) is 6.58 Å². The van der Waals surface area contributed by atoms with Gasteiger partial charge in [0.1, 0.15) is 0 Å². The quantitative estimate of drug-likeness (QED) is 0.256. The summed E-state index contributed by atoms with van der Waals surface area (Å²) in [5, 5.41) is 0. The van der Waals surface area contributed by atoms with Crippen LogP contribution in [0.4, 0.5) is 0 Å². The Hall–Kier alpha value is 2.55. The van der Waals surface area contributed by atoms with E-state index in [2.05, 4.69) is 37.2 Å². The third-order valence-corrected chi connectivity index (χ3v) is 0.304. The van der Waals surface area contributed by atoms with Crippen LogP contribution >= 0.6 is 37.2 Å². The molecule has 0 amide bonds. The topological polar surface area (TPSA) is 0 Å². The number of allylic oxidation sites excluding steroid dienone is 3. The third-order valence-electron chi connectivity index (χ3n) is 0.304. The molecule has 9 heavy (non-hydrogen) atoms. The first kappa shape index (κ1) is 17.6. The minimum absolute atomic E-state index is 0. The molecule has 0 atom stereocenters. The van der Waals surface area contributed by atoms with Gasteiger partial charge in [0.2, 0.25) is 0 Å². The van der Waals surface area contributed by atoms with E-state index in [1.54, 1.807) is 6.08 Å². The number of halogens is 3. The van der Waals surface area contributed by atoms with E-state index in [0.29, 0.717) is 13.3 Å². The molecule has 0 spiro atoms. The summed E-state index contributed by atoms with van der Waals surface area (Å²) >= 11 is 5.30. The predicted molar refractivity (Wildman–Crippen MR) is 51.7 cm³/mol. The van der Waals surface area contributed by atoms with Gasteiger partial charge in [0.05, 0.1) is 0 Å². The van der Waals surface area contributed by atoms with Gasteiger partial charge in [-0.15, -0.1) is 0 Å². The zero-order chi connectivity index (χ0) is 6.83. The van der Waals surface area contributed by atoms with Crippen LogP contribution in [0, 0.1) is 6.58 Å². The molecule has 0 nitrogen and oxygen atoms in total. The Morgan fingerprint density at radius 3 is 1.78 bits per heavy atom. The average molecular weight is 539 g/mol. The molecular formula is C5H7I3Zr-2. The summed E-state index contributed by atoms with van der Waals surface area (Å²) in [7, 11) is 0. The van der Waals surface area contributed by atoms with Crippen LogP contribution in [0.25, 0.3) is 0 Å². The normalized spacial score (nSPS) is 7.44. The Morgan fingerprint density at radius 2 is 1.78 bits per heavy atom. The van der Waals surface area contributed by atoms with Crippen molar-refractivity contribution in [1.82, 2.24) is 0 Å². The molecule has 0 aliphatic carbocycles. The van der Waals surface area contributed by atoms with E-state index in [9.17, 15) is 0 Å². The molecule has 0 aromatic heterocycles. The Bertz CT molecular complexity index is 63.2. The van der Waals surface area contributed by atoms with Gasteiger partial charge in [-0.05, 0) is 0 Å². The van der Waals surface area contributed by atoms with Crippen molar-refractivity contribution < 1.29 is 39.5 Å². The van der Waals surface area contributed by atoms with Gasteiger partial charge >= 0.3 is 50.5 Å². The van der Waals surface area contributed by atoms with Crippen LogP contribution in [-0.2, 0) is 26.2 Å². The summed E-state index contributed by atoms with van der Waals surface area (Å²) in [6, 6.07) is 0. The average Bonchev–Trinajstić information content (AvgIpc) is 1.71. The predicted octanol–water partition coefficient (Wildman–Crippen LogP) is 0.325. The summed E-state index contributed by atoms with van der Waals surface area (Å²) in [5.41, 5.74) is 0. The molecule has 0 N–H and O–H groups in total. The maximum Gasteiger partial charge on any atom is 0 e. The molecule has 54 valence electrons. The SMILES string of the molecule is I[I-]I.[CH-]=CC=CC.[Zr]. The van der Waals surface area contributed by atoms with Gasteiger partial charge in [-0.2, -0.15) is 6.08 Å². The molecule has 0 saturated carbocycles. The van der Waals surface area contributed by atoms with E-state index in [1.807, 2.05) is 13.0 Å². The van der Waals surface area contributed by atoms with Crippen molar-refractivity contribution in [3.8, 4) is 0 Å². The Morgan fingerprint density at radius 1 is 1.44 bits per heavy atom. The van der Waals surface area contributed by atoms with Gasteiger partial charge in [0.25, 0.3) is 0 Å². The second kappa shape index (κ2) is 22.4. The summed E-state index contributed by atoms with van der Waals surface area (Å²) in [5.74, 6) is 0. The van der Waals surface area contributed by atoms with Crippen LogP contribution in [0.5, 0.6) is 0 Å². The minimum Gasteiger partial charge on any atom is -0.293 e. The van der Waals surface area contributed by atoms with E-state index < -0.39 is 0 Å². The first-order valence-electron chi connectivity index (χ1n) is 1.86. The Labute approximate surface area is 106 Å². The fourth-order valence-electron chi connectivity index (χ4n) is 0.111. The van der Waals surface area contributed by atoms with Crippen LogP contribution < -0.4 is 13.3 Å². The summed E-state index contributed by atoms with van der Waals surface area (Å²) in [4.78, 5) is 0. The second-order valence-corrected chi connectivity index (χ2v) is 17.0. The molecule has 0 radical (unpaired) electrons. The van der Waals surface area contributed by atoms with Crippen LogP contribution in [0.3, 0.4) is 0 Å². The number of hydrogen-bond donors (Lipinski definition) is 0. The molecular weight excluding hydrogens is 532 g/mol. The minimum atomic E-state index is 0. The molecule has 0 bridgehead atoms. The van der Waals surface area contributed by atoms with Crippen LogP contribution in [0.2, 0.25) is 0 Å². The van der Waals surface area contributed by atoms with Crippen molar-refractivity contribution in [3.63, 3.8) is 0 Å². The molecule has 0 aliphatic heterocycles. The van der Waals surface area contributed by atoms with E-state index in [1.165, 1.54) is 6.08 Å². The maximum absolute atomic E-state index is 4.93. The monoisotopic (exact) mass is 538 g/mol. The zero-order valence-corrected chi connectivity index (χ0v) is 13.9. The molecule has 0 aromatic rings. The first-order chi connectivity index (χ1) is 3.83. The molecule has 0 saturated heterocycles. The van der Waals surface area contributed by atoms with Gasteiger partial charge in [0, 0.05) is 26.2 Å². The standard InChI is InChI=1S/C5H7.I3.Zr/c1-3-5-4-2;1-3-2;/h1,3-5H,2H3;;/q2*-1;. The van der Waals surface area contributed by atoms with Crippen LogP contribution in [0.1, 0.15) is 6.92 Å². The molecule has 0 heterocycles. The van der Waals surface area contributed by atoms with Gasteiger partial charge in [-0.1, -0.05) is 6.92 Å². The number of rotatable bonds is 1. The summed E-state index contributed by atoms with van der Waals surface area (Å²) in [6.45, 7) is 6.85. The fourth-order valence-corrected chi connectivity index (χ4v) is 0.111. The smallest absolute Gasteiger partial charge is 0 e. The molecule has 0 aliphatic rings. The van der Waals surface area contributed by atoms with Crippen molar-refractivity contribution in [2.24, 2.45) is 0 Å². The van der Waals surface area contributed by atoms with E-state index in [-0.39, 0.29) is 26.2 Å².